The second-order valence-corrected chi connectivity index (χ2v) is 6.78. The van der Waals surface area contributed by atoms with E-state index < -0.39 is 0 Å². The Morgan fingerprint density at radius 1 is 1.12 bits per heavy atom. The van der Waals surface area contributed by atoms with E-state index >= 15 is 0 Å². The SMILES string of the molecule is COc1ccc(CN(C)CC(=O)Nc2ccc(Br)cc2C)cc1OC. The summed E-state index contributed by atoms with van der Waals surface area (Å²) in [6.07, 6.45) is 0. The van der Waals surface area contributed by atoms with Crippen molar-refractivity contribution in [3.05, 3.63) is 52.0 Å². The Bertz CT molecular complexity index is 749. The molecule has 5 nitrogen and oxygen atoms in total. The highest BCUT2D eigenvalue weighted by molar-refractivity contribution is 9.10. The van der Waals surface area contributed by atoms with Crippen LogP contribution in [0.4, 0.5) is 5.69 Å². The summed E-state index contributed by atoms with van der Waals surface area (Å²) in [6.45, 7) is 2.89. The number of rotatable bonds is 7. The third-order valence-corrected chi connectivity index (χ3v) is 4.27. The molecule has 0 radical (unpaired) electrons. The number of methoxy groups -OCH3 is 2. The van der Waals surface area contributed by atoms with Crippen molar-refractivity contribution in [3.63, 3.8) is 0 Å². The standard InChI is InChI=1S/C19H23BrN2O3/c1-13-9-15(20)6-7-16(13)21-19(23)12-22(2)11-14-5-8-17(24-3)18(10-14)25-4/h5-10H,11-12H2,1-4H3,(H,21,23). The lowest BCUT2D eigenvalue weighted by Crippen LogP contribution is -2.30. The molecule has 6 heteroatoms. The minimum atomic E-state index is -0.0478. The van der Waals surface area contributed by atoms with Gasteiger partial charge in [-0.2, -0.15) is 0 Å². The molecule has 1 N–H and O–H groups in total. The highest BCUT2D eigenvalue weighted by atomic mass is 79.9. The number of ether oxygens (including phenoxy) is 2. The van der Waals surface area contributed by atoms with Crippen molar-refractivity contribution in [2.24, 2.45) is 0 Å². The number of carbonyl (C=O) groups is 1. The van der Waals surface area contributed by atoms with Gasteiger partial charge in [-0.1, -0.05) is 22.0 Å². The Morgan fingerprint density at radius 2 is 1.84 bits per heavy atom. The van der Waals surface area contributed by atoms with E-state index in [9.17, 15) is 4.79 Å². The summed E-state index contributed by atoms with van der Waals surface area (Å²) in [5, 5.41) is 2.95. The number of halogens is 1. The highest BCUT2D eigenvalue weighted by Gasteiger charge is 2.11. The average Bonchev–Trinajstić information content (AvgIpc) is 2.57. The molecule has 0 bridgehead atoms. The van der Waals surface area contributed by atoms with Gasteiger partial charge in [0, 0.05) is 16.7 Å². The van der Waals surface area contributed by atoms with E-state index in [1.54, 1.807) is 14.2 Å². The second-order valence-electron chi connectivity index (χ2n) is 5.87. The lowest BCUT2D eigenvalue weighted by atomic mass is 10.2. The quantitative estimate of drug-likeness (QED) is 0.758. The monoisotopic (exact) mass is 406 g/mol. The lowest BCUT2D eigenvalue weighted by Gasteiger charge is -2.18. The summed E-state index contributed by atoms with van der Waals surface area (Å²) in [6, 6.07) is 11.5. The minimum Gasteiger partial charge on any atom is -0.493 e. The fraction of sp³-hybridized carbons (Fsp3) is 0.316. The molecule has 0 saturated heterocycles. The van der Waals surface area contributed by atoms with Gasteiger partial charge in [-0.25, -0.2) is 0 Å². The topological polar surface area (TPSA) is 50.8 Å². The van der Waals surface area contributed by atoms with Crippen LogP contribution in [0.15, 0.2) is 40.9 Å². The highest BCUT2D eigenvalue weighted by Crippen LogP contribution is 2.28. The zero-order chi connectivity index (χ0) is 18.4. The number of nitrogens with zero attached hydrogens (tertiary/aromatic N) is 1. The number of amides is 1. The van der Waals surface area contributed by atoms with Crippen molar-refractivity contribution in [2.45, 2.75) is 13.5 Å². The van der Waals surface area contributed by atoms with Gasteiger partial charge in [0.1, 0.15) is 0 Å². The molecular formula is C19H23BrN2O3. The third kappa shape index (κ3) is 5.47. The largest absolute Gasteiger partial charge is 0.493 e. The number of carbonyl (C=O) groups excluding carboxylic acids is 1. The molecule has 0 aliphatic rings. The number of hydrogen-bond acceptors (Lipinski definition) is 4. The van der Waals surface area contributed by atoms with E-state index in [2.05, 4.69) is 21.2 Å². The molecule has 0 aromatic heterocycles. The van der Waals surface area contributed by atoms with Gasteiger partial charge < -0.3 is 14.8 Å². The van der Waals surface area contributed by atoms with Crippen LogP contribution in [0, 0.1) is 6.92 Å². The molecule has 0 saturated carbocycles. The van der Waals surface area contributed by atoms with Crippen LogP contribution >= 0.6 is 15.9 Å². The predicted octanol–water partition coefficient (Wildman–Crippen LogP) is 3.85. The van der Waals surface area contributed by atoms with Crippen LogP contribution in [0.25, 0.3) is 0 Å². The van der Waals surface area contributed by atoms with E-state index in [-0.39, 0.29) is 5.91 Å². The molecule has 0 unspecified atom stereocenters. The molecule has 2 rings (SSSR count). The average molecular weight is 407 g/mol. The molecule has 1 amide bonds. The normalized spacial score (nSPS) is 10.6. The van der Waals surface area contributed by atoms with E-state index in [4.69, 9.17) is 9.47 Å². The van der Waals surface area contributed by atoms with E-state index in [0.29, 0.717) is 24.6 Å². The van der Waals surface area contributed by atoms with Crippen molar-refractivity contribution < 1.29 is 14.3 Å². The van der Waals surface area contributed by atoms with Crippen LogP contribution in [0.5, 0.6) is 11.5 Å². The Labute approximate surface area is 157 Å². The Balaban J connectivity index is 1.95. The molecule has 0 spiro atoms. The number of likely N-dealkylation sites (N-methyl/N-ethyl adjacent to an activating group) is 1. The summed E-state index contributed by atoms with van der Waals surface area (Å²) in [4.78, 5) is 14.2. The van der Waals surface area contributed by atoms with Crippen LogP contribution in [0.2, 0.25) is 0 Å². The lowest BCUT2D eigenvalue weighted by molar-refractivity contribution is -0.117. The summed E-state index contributed by atoms with van der Waals surface area (Å²) in [7, 11) is 5.13. The first-order valence-electron chi connectivity index (χ1n) is 7.88. The van der Waals surface area contributed by atoms with Gasteiger partial charge >= 0.3 is 0 Å². The van der Waals surface area contributed by atoms with E-state index in [1.165, 1.54) is 0 Å². The van der Waals surface area contributed by atoms with Gasteiger partial charge in [-0.3, -0.25) is 9.69 Å². The maximum atomic E-state index is 12.3. The number of nitrogens with one attached hydrogen (secondary N) is 1. The van der Waals surface area contributed by atoms with Gasteiger partial charge in [-0.05, 0) is 55.4 Å². The van der Waals surface area contributed by atoms with Gasteiger partial charge in [0.25, 0.3) is 0 Å². The van der Waals surface area contributed by atoms with Crippen LogP contribution < -0.4 is 14.8 Å². The van der Waals surface area contributed by atoms with Crippen molar-refractivity contribution in [1.82, 2.24) is 4.90 Å². The molecule has 2 aromatic carbocycles. The Morgan fingerprint density at radius 3 is 2.48 bits per heavy atom. The van der Waals surface area contributed by atoms with Crippen molar-refractivity contribution in [2.75, 3.05) is 33.1 Å². The minimum absolute atomic E-state index is 0.0478. The van der Waals surface area contributed by atoms with Gasteiger partial charge in [0.05, 0.1) is 20.8 Å². The Kier molecular flexibility index (Phi) is 6.84. The molecule has 0 atom stereocenters. The van der Waals surface area contributed by atoms with Crippen molar-refractivity contribution in [1.29, 1.82) is 0 Å². The summed E-state index contributed by atoms with van der Waals surface area (Å²) >= 11 is 3.42. The number of aryl methyl sites for hydroxylation is 1. The molecule has 0 aliphatic heterocycles. The molecule has 25 heavy (non-hydrogen) atoms. The van der Waals surface area contributed by atoms with Crippen LogP contribution in [0.3, 0.4) is 0 Å². The molecule has 2 aromatic rings. The predicted molar refractivity (Wildman–Crippen MR) is 103 cm³/mol. The van der Waals surface area contributed by atoms with Gasteiger partial charge in [-0.15, -0.1) is 0 Å². The van der Waals surface area contributed by atoms with Crippen LogP contribution in [-0.4, -0.2) is 38.6 Å². The van der Waals surface area contributed by atoms with Crippen molar-refractivity contribution >= 4 is 27.5 Å². The maximum absolute atomic E-state index is 12.3. The fourth-order valence-electron chi connectivity index (χ4n) is 2.55. The molecule has 0 heterocycles. The van der Waals surface area contributed by atoms with Crippen LogP contribution in [0.1, 0.15) is 11.1 Å². The molecular weight excluding hydrogens is 384 g/mol. The first-order chi connectivity index (χ1) is 11.9. The maximum Gasteiger partial charge on any atom is 0.238 e. The first kappa shape index (κ1) is 19.3. The summed E-state index contributed by atoms with van der Waals surface area (Å²) in [5.74, 6) is 1.33. The molecule has 0 fully saturated rings. The second kappa shape index (κ2) is 8.87. The number of anilines is 1. The zero-order valence-corrected chi connectivity index (χ0v) is 16.5. The van der Waals surface area contributed by atoms with E-state index in [1.807, 2.05) is 55.3 Å². The summed E-state index contributed by atoms with van der Waals surface area (Å²) < 4.78 is 11.5. The molecule has 0 aliphatic carbocycles. The van der Waals surface area contributed by atoms with E-state index in [0.717, 1.165) is 21.3 Å². The number of benzene rings is 2. The van der Waals surface area contributed by atoms with Gasteiger partial charge in [0.15, 0.2) is 11.5 Å². The van der Waals surface area contributed by atoms with Crippen LogP contribution in [-0.2, 0) is 11.3 Å². The van der Waals surface area contributed by atoms with Crippen molar-refractivity contribution in [3.8, 4) is 11.5 Å². The smallest absolute Gasteiger partial charge is 0.238 e. The molecule has 134 valence electrons. The fourth-order valence-corrected chi connectivity index (χ4v) is 3.02. The number of hydrogen-bond donors (Lipinski definition) is 1. The third-order valence-electron chi connectivity index (χ3n) is 3.78. The first-order valence-corrected chi connectivity index (χ1v) is 8.67. The summed E-state index contributed by atoms with van der Waals surface area (Å²) in [5.41, 5.74) is 2.89. The Hall–Kier alpha value is -2.05. The zero-order valence-electron chi connectivity index (χ0n) is 14.9. The van der Waals surface area contributed by atoms with Gasteiger partial charge in [0.2, 0.25) is 5.91 Å².